The third-order valence-electron chi connectivity index (χ3n) is 3.36. The lowest BCUT2D eigenvalue weighted by molar-refractivity contribution is 0.507. The van der Waals surface area contributed by atoms with Gasteiger partial charge in [-0.2, -0.15) is 4.98 Å². The van der Waals surface area contributed by atoms with Crippen molar-refractivity contribution < 1.29 is 4.42 Å². The highest BCUT2D eigenvalue weighted by Gasteiger charge is 2.12. The molecule has 0 fully saturated rings. The van der Waals surface area contributed by atoms with E-state index in [2.05, 4.69) is 4.98 Å². The smallest absolute Gasteiger partial charge is 0.348 e. The molecule has 6 heteroatoms. The molecule has 0 spiro atoms. The van der Waals surface area contributed by atoms with E-state index in [-0.39, 0.29) is 11.9 Å². The predicted octanol–water partition coefficient (Wildman–Crippen LogP) is 2.24. The van der Waals surface area contributed by atoms with E-state index in [0.717, 1.165) is 5.69 Å². The number of nitrogens with two attached hydrogens (primary N) is 1. The van der Waals surface area contributed by atoms with Gasteiger partial charge in [-0.15, -0.1) is 0 Å². The number of para-hydroxylation sites is 1. The molecule has 2 aromatic carbocycles. The van der Waals surface area contributed by atoms with Crippen LogP contribution in [-0.4, -0.2) is 17.9 Å². The Morgan fingerprint density at radius 2 is 2.00 bits per heavy atom. The standard InChI is InChI=1S/C16H14N4O2/c1-20(11-6-4-5-10(9-11)14(17)18)16-19-13-8-3-2-7-12(13)15(21)22-16/h2-9H,1H3,(H3,17,18). The van der Waals surface area contributed by atoms with Crippen molar-refractivity contribution in [3.63, 3.8) is 0 Å². The lowest BCUT2D eigenvalue weighted by Gasteiger charge is -2.17. The summed E-state index contributed by atoms with van der Waals surface area (Å²) in [5.41, 5.74) is 6.94. The average molecular weight is 294 g/mol. The van der Waals surface area contributed by atoms with Gasteiger partial charge >= 0.3 is 11.6 Å². The number of nitrogens with zero attached hydrogens (tertiary/aromatic N) is 2. The molecule has 1 aromatic heterocycles. The van der Waals surface area contributed by atoms with Gasteiger partial charge in [0.1, 0.15) is 5.84 Å². The van der Waals surface area contributed by atoms with Crippen LogP contribution in [0.5, 0.6) is 0 Å². The number of hydrogen-bond acceptors (Lipinski definition) is 5. The van der Waals surface area contributed by atoms with Crippen molar-refractivity contribution in [2.24, 2.45) is 5.73 Å². The van der Waals surface area contributed by atoms with Gasteiger partial charge in [0.2, 0.25) is 0 Å². The van der Waals surface area contributed by atoms with Crippen LogP contribution < -0.4 is 16.3 Å². The number of rotatable bonds is 3. The fraction of sp³-hybridized carbons (Fsp3) is 0.0625. The molecule has 3 aromatic rings. The third kappa shape index (κ3) is 2.42. The van der Waals surface area contributed by atoms with Gasteiger partial charge in [0.05, 0.1) is 10.9 Å². The molecular weight excluding hydrogens is 280 g/mol. The summed E-state index contributed by atoms with van der Waals surface area (Å²) in [5, 5.41) is 7.93. The SMILES string of the molecule is CN(c1cccc(C(=N)N)c1)c1nc2ccccc2c(=O)o1. The van der Waals surface area contributed by atoms with Crippen LogP contribution in [0.4, 0.5) is 11.7 Å². The lowest BCUT2D eigenvalue weighted by Crippen LogP contribution is -2.16. The molecule has 0 saturated carbocycles. The molecular formula is C16H14N4O2. The monoisotopic (exact) mass is 294 g/mol. The van der Waals surface area contributed by atoms with Gasteiger partial charge in [0, 0.05) is 18.3 Å². The van der Waals surface area contributed by atoms with Crippen LogP contribution in [0.25, 0.3) is 10.9 Å². The first-order chi connectivity index (χ1) is 10.6. The highest BCUT2D eigenvalue weighted by molar-refractivity contribution is 5.96. The van der Waals surface area contributed by atoms with Gasteiger partial charge in [-0.3, -0.25) is 10.3 Å². The highest BCUT2D eigenvalue weighted by Crippen LogP contribution is 2.23. The molecule has 0 aliphatic carbocycles. The van der Waals surface area contributed by atoms with Crippen molar-refractivity contribution in [1.29, 1.82) is 5.41 Å². The molecule has 3 rings (SSSR count). The Kier molecular flexibility index (Phi) is 3.34. The van der Waals surface area contributed by atoms with Gasteiger partial charge in [-0.05, 0) is 24.3 Å². The molecule has 0 amide bonds. The molecule has 0 saturated heterocycles. The molecule has 110 valence electrons. The van der Waals surface area contributed by atoms with Gasteiger partial charge in [0.25, 0.3) is 0 Å². The second-order valence-electron chi connectivity index (χ2n) is 4.82. The molecule has 0 aliphatic rings. The van der Waals surface area contributed by atoms with Gasteiger partial charge in [-0.1, -0.05) is 24.3 Å². The van der Waals surface area contributed by atoms with Crippen molar-refractivity contribution in [2.75, 3.05) is 11.9 Å². The van der Waals surface area contributed by atoms with E-state index in [0.29, 0.717) is 16.5 Å². The van der Waals surface area contributed by atoms with Crippen LogP contribution in [0.15, 0.2) is 57.7 Å². The number of fused-ring (bicyclic) bond motifs is 1. The number of aromatic nitrogens is 1. The summed E-state index contributed by atoms with van der Waals surface area (Å²) in [6.45, 7) is 0. The minimum atomic E-state index is -0.435. The first-order valence-corrected chi connectivity index (χ1v) is 6.64. The number of nitrogen functional groups attached to an aromatic ring is 1. The molecule has 0 bridgehead atoms. The van der Waals surface area contributed by atoms with Crippen LogP contribution in [0.2, 0.25) is 0 Å². The summed E-state index contributed by atoms with van der Waals surface area (Å²) in [6, 6.07) is 14.3. The molecule has 0 aliphatic heterocycles. The predicted molar refractivity (Wildman–Crippen MR) is 85.8 cm³/mol. The van der Waals surface area contributed by atoms with Gasteiger partial charge in [-0.25, -0.2) is 4.79 Å². The first-order valence-electron chi connectivity index (χ1n) is 6.64. The minimum Gasteiger partial charge on any atom is -0.388 e. The molecule has 0 unspecified atom stereocenters. The summed E-state index contributed by atoms with van der Waals surface area (Å²) in [7, 11) is 1.74. The Balaban J connectivity index is 2.09. The Bertz CT molecular complexity index is 917. The van der Waals surface area contributed by atoms with E-state index < -0.39 is 5.63 Å². The van der Waals surface area contributed by atoms with E-state index in [9.17, 15) is 4.79 Å². The Hall–Kier alpha value is -3.15. The van der Waals surface area contributed by atoms with Crippen molar-refractivity contribution in [2.45, 2.75) is 0 Å². The molecule has 0 atom stereocenters. The quantitative estimate of drug-likeness (QED) is 0.570. The van der Waals surface area contributed by atoms with E-state index in [4.69, 9.17) is 15.6 Å². The molecule has 1 heterocycles. The summed E-state index contributed by atoms with van der Waals surface area (Å²) in [5.74, 6) is -0.0248. The largest absolute Gasteiger partial charge is 0.388 e. The molecule has 0 radical (unpaired) electrons. The van der Waals surface area contributed by atoms with E-state index >= 15 is 0 Å². The Morgan fingerprint density at radius 1 is 1.23 bits per heavy atom. The third-order valence-corrected chi connectivity index (χ3v) is 3.36. The summed E-state index contributed by atoms with van der Waals surface area (Å²) >= 11 is 0. The minimum absolute atomic E-state index is 0.0248. The van der Waals surface area contributed by atoms with Crippen LogP contribution in [0.3, 0.4) is 0 Å². The van der Waals surface area contributed by atoms with E-state index in [1.54, 1.807) is 48.3 Å². The zero-order valence-electron chi connectivity index (χ0n) is 11.9. The lowest BCUT2D eigenvalue weighted by atomic mass is 10.2. The van der Waals surface area contributed by atoms with Crippen molar-refractivity contribution in [3.05, 3.63) is 64.5 Å². The van der Waals surface area contributed by atoms with Crippen molar-refractivity contribution in [1.82, 2.24) is 4.98 Å². The number of hydrogen-bond donors (Lipinski definition) is 2. The highest BCUT2D eigenvalue weighted by atomic mass is 16.4. The van der Waals surface area contributed by atoms with Crippen LogP contribution in [-0.2, 0) is 0 Å². The van der Waals surface area contributed by atoms with Gasteiger partial charge in [0.15, 0.2) is 0 Å². The normalized spacial score (nSPS) is 10.6. The van der Waals surface area contributed by atoms with E-state index in [1.165, 1.54) is 0 Å². The zero-order chi connectivity index (χ0) is 15.7. The number of nitrogens with one attached hydrogen (secondary N) is 1. The average Bonchev–Trinajstić information content (AvgIpc) is 2.54. The number of anilines is 2. The number of amidine groups is 1. The molecule has 6 nitrogen and oxygen atoms in total. The first kappa shape index (κ1) is 13.8. The second-order valence-corrected chi connectivity index (χ2v) is 4.82. The maximum absolute atomic E-state index is 12.0. The molecule has 22 heavy (non-hydrogen) atoms. The fourth-order valence-electron chi connectivity index (χ4n) is 2.14. The zero-order valence-corrected chi connectivity index (χ0v) is 11.9. The van der Waals surface area contributed by atoms with Crippen LogP contribution in [0, 0.1) is 5.41 Å². The van der Waals surface area contributed by atoms with Crippen molar-refractivity contribution >= 4 is 28.4 Å². The maximum Gasteiger partial charge on any atom is 0.348 e. The van der Waals surface area contributed by atoms with E-state index in [1.807, 2.05) is 12.1 Å². The summed E-state index contributed by atoms with van der Waals surface area (Å²) in [6.07, 6.45) is 0. The Labute approximate surface area is 126 Å². The summed E-state index contributed by atoms with van der Waals surface area (Å²) < 4.78 is 5.28. The maximum atomic E-state index is 12.0. The van der Waals surface area contributed by atoms with Gasteiger partial charge < -0.3 is 10.2 Å². The Morgan fingerprint density at radius 3 is 2.77 bits per heavy atom. The van der Waals surface area contributed by atoms with Crippen LogP contribution in [0.1, 0.15) is 5.56 Å². The fourth-order valence-corrected chi connectivity index (χ4v) is 2.14. The second kappa shape index (κ2) is 5.33. The van der Waals surface area contributed by atoms with Crippen molar-refractivity contribution in [3.8, 4) is 0 Å². The summed E-state index contributed by atoms with van der Waals surface area (Å²) in [4.78, 5) is 18.0. The van der Waals surface area contributed by atoms with Crippen LogP contribution >= 0.6 is 0 Å². The molecule has 3 N–H and O–H groups in total. The number of benzene rings is 2. The topological polar surface area (TPSA) is 96.2 Å².